The highest BCUT2D eigenvalue weighted by Gasteiger charge is 2.25. The molecular formula is C22H23N3O2. The Kier molecular flexibility index (Phi) is 4.92. The van der Waals surface area contributed by atoms with E-state index in [0.29, 0.717) is 24.8 Å². The number of nitrogens with zero attached hydrogens (tertiary/aromatic N) is 1. The fourth-order valence-corrected chi connectivity index (χ4v) is 3.12. The highest BCUT2D eigenvalue weighted by Crippen LogP contribution is 2.39. The van der Waals surface area contributed by atoms with Crippen LogP contribution >= 0.6 is 0 Å². The van der Waals surface area contributed by atoms with E-state index in [9.17, 15) is 4.79 Å². The first-order valence-electron chi connectivity index (χ1n) is 9.38. The Balaban J connectivity index is 1.38. The van der Waals surface area contributed by atoms with E-state index in [2.05, 4.69) is 21.6 Å². The van der Waals surface area contributed by atoms with Crippen LogP contribution < -0.4 is 10.1 Å². The van der Waals surface area contributed by atoms with Crippen LogP contribution in [0.15, 0.2) is 54.6 Å². The van der Waals surface area contributed by atoms with Crippen molar-refractivity contribution >= 4 is 11.7 Å². The van der Waals surface area contributed by atoms with Crippen molar-refractivity contribution < 1.29 is 9.53 Å². The Morgan fingerprint density at radius 3 is 2.70 bits per heavy atom. The minimum atomic E-state index is -0.0602. The summed E-state index contributed by atoms with van der Waals surface area (Å²) in [6, 6.07) is 18.0. The molecule has 0 aliphatic heterocycles. The first-order chi connectivity index (χ1) is 13.2. The molecule has 1 aromatic heterocycles. The van der Waals surface area contributed by atoms with Gasteiger partial charge in [-0.1, -0.05) is 36.4 Å². The second-order valence-corrected chi connectivity index (χ2v) is 6.87. The average Bonchev–Trinajstić information content (AvgIpc) is 3.42. The van der Waals surface area contributed by atoms with Crippen molar-refractivity contribution in [1.29, 1.82) is 0 Å². The van der Waals surface area contributed by atoms with Gasteiger partial charge in [0.1, 0.15) is 5.75 Å². The number of aromatic nitrogens is 2. The van der Waals surface area contributed by atoms with Crippen LogP contribution in [0.4, 0.5) is 5.82 Å². The van der Waals surface area contributed by atoms with E-state index in [0.717, 1.165) is 28.1 Å². The molecule has 4 rings (SSSR count). The van der Waals surface area contributed by atoms with Gasteiger partial charge in [-0.2, -0.15) is 5.10 Å². The molecule has 1 amide bonds. The highest BCUT2D eigenvalue weighted by atomic mass is 16.5. The Labute approximate surface area is 158 Å². The molecule has 5 heteroatoms. The molecular weight excluding hydrogens is 338 g/mol. The van der Waals surface area contributed by atoms with Crippen molar-refractivity contribution in [1.82, 2.24) is 10.2 Å². The lowest BCUT2D eigenvalue weighted by molar-refractivity contribution is -0.115. The topological polar surface area (TPSA) is 67.0 Å². The standard InChI is InChI=1S/C22H23N3O2/c1-2-27-19-5-3-4-18(13-19)16-8-6-15(7-9-16)12-22(26)23-21-14-20(24-25-21)17-10-11-17/h3-9,13-14,17H,2,10-12H2,1H3,(H2,23,24,25,26). The second kappa shape index (κ2) is 7.66. The monoisotopic (exact) mass is 361 g/mol. The maximum atomic E-state index is 12.3. The van der Waals surface area contributed by atoms with Crippen molar-refractivity contribution in [3.63, 3.8) is 0 Å². The molecule has 1 aliphatic rings. The lowest BCUT2D eigenvalue weighted by Gasteiger charge is -2.07. The van der Waals surface area contributed by atoms with Crippen LogP contribution in [0.5, 0.6) is 5.75 Å². The number of carbonyl (C=O) groups excluding carboxylic acids is 1. The Hall–Kier alpha value is -3.08. The summed E-state index contributed by atoms with van der Waals surface area (Å²) in [5.41, 5.74) is 4.28. The van der Waals surface area contributed by atoms with E-state index in [1.165, 1.54) is 12.8 Å². The number of H-pyrrole nitrogens is 1. The molecule has 0 atom stereocenters. The quantitative estimate of drug-likeness (QED) is 0.649. The number of amides is 1. The van der Waals surface area contributed by atoms with Crippen LogP contribution in [0.2, 0.25) is 0 Å². The minimum absolute atomic E-state index is 0.0602. The van der Waals surface area contributed by atoms with E-state index in [1.54, 1.807) is 0 Å². The summed E-state index contributed by atoms with van der Waals surface area (Å²) in [4.78, 5) is 12.3. The predicted octanol–water partition coefficient (Wildman–Crippen LogP) is 4.53. The number of hydrogen-bond acceptors (Lipinski definition) is 3. The molecule has 1 fully saturated rings. The van der Waals surface area contributed by atoms with Crippen LogP contribution in [0, 0.1) is 0 Å². The zero-order chi connectivity index (χ0) is 18.6. The maximum absolute atomic E-state index is 12.3. The zero-order valence-electron chi connectivity index (χ0n) is 15.4. The van der Waals surface area contributed by atoms with Gasteiger partial charge in [0, 0.05) is 17.7 Å². The summed E-state index contributed by atoms with van der Waals surface area (Å²) >= 11 is 0. The fourth-order valence-electron chi connectivity index (χ4n) is 3.12. The third kappa shape index (κ3) is 4.37. The van der Waals surface area contributed by atoms with Crippen LogP contribution in [0.1, 0.15) is 36.9 Å². The highest BCUT2D eigenvalue weighted by molar-refractivity contribution is 5.91. The van der Waals surface area contributed by atoms with Gasteiger partial charge in [0.2, 0.25) is 5.91 Å². The van der Waals surface area contributed by atoms with Gasteiger partial charge in [-0.15, -0.1) is 0 Å². The Morgan fingerprint density at radius 2 is 1.96 bits per heavy atom. The largest absolute Gasteiger partial charge is 0.494 e. The van der Waals surface area contributed by atoms with Gasteiger partial charge in [-0.25, -0.2) is 0 Å². The summed E-state index contributed by atoms with van der Waals surface area (Å²) < 4.78 is 5.56. The van der Waals surface area contributed by atoms with Crippen molar-refractivity contribution in [2.75, 3.05) is 11.9 Å². The van der Waals surface area contributed by atoms with Gasteiger partial charge >= 0.3 is 0 Å². The lowest BCUT2D eigenvalue weighted by Crippen LogP contribution is -2.14. The van der Waals surface area contributed by atoms with E-state index in [1.807, 2.05) is 55.5 Å². The summed E-state index contributed by atoms with van der Waals surface area (Å²) in [5.74, 6) is 2.00. The maximum Gasteiger partial charge on any atom is 0.229 e. The number of aromatic amines is 1. The van der Waals surface area contributed by atoms with Crippen molar-refractivity contribution in [3.8, 4) is 16.9 Å². The van der Waals surface area contributed by atoms with Gasteiger partial charge in [0.15, 0.2) is 5.82 Å². The van der Waals surface area contributed by atoms with E-state index < -0.39 is 0 Å². The van der Waals surface area contributed by atoms with Crippen LogP contribution in [0.25, 0.3) is 11.1 Å². The van der Waals surface area contributed by atoms with Crippen molar-refractivity contribution in [2.24, 2.45) is 0 Å². The molecule has 0 saturated heterocycles. The Bertz CT molecular complexity index is 927. The first kappa shape index (κ1) is 17.3. The number of ether oxygens (including phenoxy) is 1. The molecule has 138 valence electrons. The number of nitrogens with one attached hydrogen (secondary N) is 2. The predicted molar refractivity (Wildman–Crippen MR) is 106 cm³/mol. The summed E-state index contributed by atoms with van der Waals surface area (Å²) in [6.07, 6.45) is 2.73. The molecule has 1 heterocycles. The number of anilines is 1. The van der Waals surface area contributed by atoms with Gasteiger partial charge in [0.25, 0.3) is 0 Å². The van der Waals surface area contributed by atoms with Gasteiger partial charge in [-0.05, 0) is 48.6 Å². The number of rotatable bonds is 7. The molecule has 5 nitrogen and oxygen atoms in total. The number of carbonyl (C=O) groups is 1. The van der Waals surface area contributed by atoms with Crippen molar-refractivity contribution in [2.45, 2.75) is 32.1 Å². The molecule has 2 N–H and O–H groups in total. The fraction of sp³-hybridized carbons (Fsp3) is 0.273. The van der Waals surface area contributed by atoms with Crippen LogP contribution in [-0.2, 0) is 11.2 Å². The van der Waals surface area contributed by atoms with E-state index in [-0.39, 0.29) is 5.91 Å². The molecule has 1 saturated carbocycles. The lowest BCUT2D eigenvalue weighted by atomic mass is 10.0. The molecule has 0 spiro atoms. The van der Waals surface area contributed by atoms with E-state index in [4.69, 9.17) is 4.74 Å². The molecule has 0 radical (unpaired) electrons. The molecule has 2 aromatic carbocycles. The van der Waals surface area contributed by atoms with Gasteiger partial charge in [-0.3, -0.25) is 9.89 Å². The van der Waals surface area contributed by atoms with E-state index >= 15 is 0 Å². The SMILES string of the molecule is CCOc1cccc(-c2ccc(CC(=O)Nc3cc(C4CC4)[nH]n3)cc2)c1. The normalized spacial score (nSPS) is 13.4. The summed E-state index contributed by atoms with van der Waals surface area (Å²) in [5, 5.41) is 10.0. The van der Waals surface area contributed by atoms with Crippen LogP contribution in [0.3, 0.4) is 0 Å². The molecule has 1 aliphatic carbocycles. The smallest absolute Gasteiger partial charge is 0.229 e. The zero-order valence-corrected chi connectivity index (χ0v) is 15.4. The number of hydrogen-bond donors (Lipinski definition) is 2. The van der Waals surface area contributed by atoms with Crippen LogP contribution in [-0.4, -0.2) is 22.7 Å². The first-order valence-corrected chi connectivity index (χ1v) is 9.38. The minimum Gasteiger partial charge on any atom is -0.494 e. The second-order valence-electron chi connectivity index (χ2n) is 6.87. The molecule has 0 unspecified atom stereocenters. The van der Waals surface area contributed by atoms with Gasteiger partial charge < -0.3 is 10.1 Å². The van der Waals surface area contributed by atoms with Gasteiger partial charge in [0.05, 0.1) is 13.0 Å². The Morgan fingerprint density at radius 1 is 1.15 bits per heavy atom. The molecule has 0 bridgehead atoms. The summed E-state index contributed by atoms with van der Waals surface area (Å²) in [6.45, 7) is 2.62. The third-order valence-electron chi connectivity index (χ3n) is 4.68. The number of benzene rings is 2. The third-order valence-corrected chi connectivity index (χ3v) is 4.68. The van der Waals surface area contributed by atoms with Crippen molar-refractivity contribution in [3.05, 3.63) is 65.9 Å². The summed E-state index contributed by atoms with van der Waals surface area (Å²) in [7, 11) is 0. The average molecular weight is 361 g/mol. The molecule has 3 aromatic rings. The molecule has 27 heavy (non-hydrogen) atoms.